The molecule has 0 aliphatic carbocycles. The molecule has 3 heteroatoms. The number of hydrogen-bond donors (Lipinski definition) is 1. The van der Waals surface area contributed by atoms with Crippen LogP contribution >= 0.6 is 23.1 Å². The van der Waals surface area contributed by atoms with E-state index in [1.807, 2.05) is 11.8 Å². The topological polar surface area (TPSA) is 12.0 Å². The molecule has 15 heavy (non-hydrogen) atoms. The molecule has 0 saturated carbocycles. The van der Waals surface area contributed by atoms with Crippen molar-refractivity contribution < 1.29 is 0 Å². The number of thiophene rings is 1. The number of thioether (sulfide) groups is 1. The Morgan fingerprint density at radius 3 is 2.93 bits per heavy atom. The summed E-state index contributed by atoms with van der Waals surface area (Å²) < 4.78 is 0. The highest BCUT2D eigenvalue weighted by Gasteiger charge is 2.08. The Kier molecular flexibility index (Phi) is 7.14. The van der Waals surface area contributed by atoms with Crippen molar-refractivity contribution in [2.45, 2.75) is 32.7 Å². The van der Waals surface area contributed by atoms with Crippen LogP contribution in [0.25, 0.3) is 0 Å². The second-order valence-corrected chi connectivity index (χ2v) is 5.75. The lowest BCUT2D eigenvalue weighted by Gasteiger charge is -2.17. The van der Waals surface area contributed by atoms with Crippen LogP contribution in [0, 0.1) is 0 Å². The number of nitrogens with one attached hydrogen (secondary N) is 1. The van der Waals surface area contributed by atoms with Crippen molar-refractivity contribution in [3.05, 3.63) is 22.4 Å². The second-order valence-electron chi connectivity index (χ2n) is 3.65. The largest absolute Gasteiger partial charge is 0.313 e. The Morgan fingerprint density at radius 1 is 1.47 bits per heavy atom. The fourth-order valence-corrected chi connectivity index (χ4v) is 2.93. The van der Waals surface area contributed by atoms with Crippen LogP contribution in [0.2, 0.25) is 0 Å². The van der Waals surface area contributed by atoms with E-state index in [-0.39, 0.29) is 0 Å². The van der Waals surface area contributed by atoms with Crippen LogP contribution in [0.15, 0.2) is 16.8 Å². The monoisotopic (exact) mass is 243 g/mol. The summed E-state index contributed by atoms with van der Waals surface area (Å²) in [6.45, 7) is 5.59. The van der Waals surface area contributed by atoms with Gasteiger partial charge in [-0.2, -0.15) is 23.1 Å². The first-order valence-corrected chi connectivity index (χ1v) is 7.78. The Bertz CT molecular complexity index is 226. The zero-order valence-electron chi connectivity index (χ0n) is 9.66. The molecule has 1 unspecified atom stereocenters. The summed E-state index contributed by atoms with van der Waals surface area (Å²) in [4.78, 5) is 0. The standard InChI is InChI=1S/C12H21NS2/c1-3-6-13-12(10-14-4-2)8-11-5-7-15-9-11/h5,7,9,12-13H,3-4,6,8,10H2,1-2H3. The van der Waals surface area contributed by atoms with Crippen molar-refractivity contribution in [1.82, 2.24) is 5.32 Å². The maximum absolute atomic E-state index is 3.63. The average molecular weight is 243 g/mol. The molecule has 1 atom stereocenters. The van der Waals surface area contributed by atoms with E-state index in [0.717, 1.165) is 6.54 Å². The molecule has 1 heterocycles. The fourth-order valence-electron chi connectivity index (χ4n) is 1.49. The van der Waals surface area contributed by atoms with Gasteiger partial charge in [-0.25, -0.2) is 0 Å². The summed E-state index contributed by atoms with van der Waals surface area (Å²) >= 11 is 3.82. The summed E-state index contributed by atoms with van der Waals surface area (Å²) in [6.07, 6.45) is 2.40. The van der Waals surface area contributed by atoms with Crippen molar-refractivity contribution in [3.63, 3.8) is 0 Å². The average Bonchev–Trinajstić information content (AvgIpc) is 2.74. The second kappa shape index (κ2) is 8.20. The van der Waals surface area contributed by atoms with Crippen LogP contribution in [0.1, 0.15) is 25.8 Å². The van der Waals surface area contributed by atoms with Gasteiger partial charge in [0.15, 0.2) is 0 Å². The third kappa shape index (κ3) is 5.59. The van der Waals surface area contributed by atoms with Crippen LogP contribution < -0.4 is 5.32 Å². The van der Waals surface area contributed by atoms with Gasteiger partial charge < -0.3 is 5.32 Å². The maximum Gasteiger partial charge on any atom is 0.0198 e. The first-order chi connectivity index (χ1) is 7.36. The Labute approximate surface area is 102 Å². The van der Waals surface area contributed by atoms with Gasteiger partial charge in [-0.3, -0.25) is 0 Å². The first-order valence-electron chi connectivity index (χ1n) is 5.69. The molecule has 0 aliphatic heterocycles. The molecule has 86 valence electrons. The van der Waals surface area contributed by atoms with E-state index >= 15 is 0 Å². The minimum absolute atomic E-state index is 0.643. The van der Waals surface area contributed by atoms with Gasteiger partial charge >= 0.3 is 0 Å². The van der Waals surface area contributed by atoms with Crippen molar-refractivity contribution in [3.8, 4) is 0 Å². The normalized spacial score (nSPS) is 12.9. The third-order valence-corrected chi connectivity index (χ3v) is 4.05. The highest BCUT2D eigenvalue weighted by molar-refractivity contribution is 7.99. The van der Waals surface area contributed by atoms with Gasteiger partial charge in [0.25, 0.3) is 0 Å². The van der Waals surface area contributed by atoms with Crippen molar-refractivity contribution >= 4 is 23.1 Å². The van der Waals surface area contributed by atoms with Gasteiger partial charge in [-0.15, -0.1) is 0 Å². The molecule has 0 aliphatic rings. The van der Waals surface area contributed by atoms with Crippen molar-refractivity contribution in [2.24, 2.45) is 0 Å². The lowest BCUT2D eigenvalue weighted by atomic mass is 10.1. The lowest BCUT2D eigenvalue weighted by molar-refractivity contribution is 0.551. The summed E-state index contributed by atoms with van der Waals surface area (Å²) in [6, 6.07) is 2.88. The van der Waals surface area contributed by atoms with Crippen LogP contribution in [0.4, 0.5) is 0 Å². The summed E-state index contributed by atoms with van der Waals surface area (Å²) in [7, 11) is 0. The van der Waals surface area contributed by atoms with Gasteiger partial charge in [0.1, 0.15) is 0 Å². The van der Waals surface area contributed by atoms with Crippen molar-refractivity contribution in [2.75, 3.05) is 18.1 Å². The molecule has 1 aromatic heterocycles. The summed E-state index contributed by atoms with van der Waals surface area (Å²) in [5.74, 6) is 2.44. The Hall–Kier alpha value is 0.01000. The number of rotatable bonds is 8. The predicted octanol–water partition coefficient (Wildman–Crippen LogP) is 3.41. The Balaban J connectivity index is 2.33. The quantitative estimate of drug-likeness (QED) is 0.751. The molecule has 0 amide bonds. The molecule has 0 radical (unpaired) electrons. The Morgan fingerprint density at radius 2 is 2.33 bits per heavy atom. The van der Waals surface area contributed by atoms with E-state index in [1.165, 1.54) is 29.9 Å². The van der Waals surface area contributed by atoms with E-state index in [2.05, 4.69) is 36.0 Å². The van der Waals surface area contributed by atoms with E-state index in [9.17, 15) is 0 Å². The van der Waals surface area contributed by atoms with Gasteiger partial charge in [-0.1, -0.05) is 13.8 Å². The fraction of sp³-hybridized carbons (Fsp3) is 0.667. The molecule has 0 aromatic carbocycles. The van der Waals surface area contributed by atoms with E-state index in [4.69, 9.17) is 0 Å². The highest BCUT2D eigenvalue weighted by atomic mass is 32.2. The van der Waals surface area contributed by atoms with E-state index in [0.29, 0.717) is 6.04 Å². The smallest absolute Gasteiger partial charge is 0.0198 e. The van der Waals surface area contributed by atoms with E-state index < -0.39 is 0 Å². The maximum atomic E-state index is 3.63. The molecule has 1 nitrogen and oxygen atoms in total. The molecule has 0 spiro atoms. The molecule has 1 aromatic rings. The third-order valence-electron chi connectivity index (χ3n) is 2.27. The molecule has 0 fully saturated rings. The first kappa shape index (κ1) is 13.1. The van der Waals surface area contributed by atoms with Crippen molar-refractivity contribution in [1.29, 1.82) is 0 Å². The zero-order valence-corrected chi connectivity index (χ0v) is 11.3. The minimum Gasteiger partial charge on any atom is -0.313 e. The van der Waals surface area contributed by atoms with E-state index in [1.54, 1.807) is 11.3 Å². The van der Waals surface area contributed by atoms with Crippen LogP contribution in [-0.4, -0.2) is 24.1 Å². The van der Waals surface area contributed by atoms with Crippen LogP contribution in [-0.2, 0) is 6.42 Å². The SMILES string of the molecule is CCCNC(CSCC)Cc1ccsc1. The minimum atomic E-state index is 0.643. The molecular formula is C12H21NS2. The molecule has 1 N–H and O–H groups in total. The van der Waals surface area contributed by atoms with Gasteiger partial charge in [0, 0.05) is 11.8 Å². The summed E-state index contributed by atoms with van der Waals surface area (Å²) in [5, 5.41) is 8.05. The van der Waals surface area contributed by atoms with Gasteiger partial charge in [0.05, 0.1) is 0 Å². The molecular weight excluding hydrogens is 222 g/mol. The van der Waals surface area contributed by atoms with Crippen LogP contribution in [0.5, 0.6) is 0 Å². The highest BCUT2D eigenvalue weighted by Crippen LogP contribution is 2.12. The number of hydrogen-bond acceptors (Lipinski definition) is 3. The predicted molar refractivity (Wildman–Crippen MR) is 73.1 cm³/mol. The summed E-state index contributed by atoms with van der Waals surface area (Å²) in [5.41, 5.74) is 1.48. The lowest BCUT2D eigenvalue weighted by Crippen LogP contribution is -2.34. The van der Waals surface area contributed by atoms with Gasteiger partial charge in [0.2, 0.25) is 0 Å². The molecule has 0 bridgehead atoms. The van der Waals surface area contributed by atoms with Gasteiger partial charge in [-0.05, 0) is 47.5 Å². The zero-order chi connectivity index (χ0) is 10.9. The molecule has 0 saturated heterocycles. The van der Waals surface area contributed by atoms with Crippen LogP contribution in [0.3, 0.4) is 0 Å². The molecule has 1 rings (SSSR count).